The van der Waals surface area contributed by atoms with Crippen LogP contribution in [0, 0.1) is 18.8 Å². The average molecular weight is 247 g/mol. The van der Waals surface area contributed by atoms with Crippen LogP contribution in [0.15, 0.2) is 18.2 Å². The van der Waals surface area contributed by atoms with Gasteiger partial charge in [0.2, 0.25) is 0 Å². The Balaban J connectivity index is 1.89. The summed E-state index contributed by atoms with van der Waals surface area (Å²) in [4.78, 5) is 0. The van der Waals surface area contributed by atoms with Crippen molar-refractivity contribution < 1.29 is 5.11 Å². The van der Waals surface area contributed by atoms with Crippen LogP contribution in [0.4, 0.5) is 0 Å². The van der Waals surface area contributed by atoms with E-state index in [1.54, 1.807) is 0 Å². The highest BCUT2D eigenvalue weighted by Gasteiger charge is 2.21. The van der Waals surface area contributed by atoms with Gasteiger partial charge in [0.05, 0.1) is 0 Å². The van der Waals surface area contributed by atoms with Crippen LogP contribution >= 0.6 is 0 Å². The highest BCUT2D eigenvalue weighted by Crippen LogP contribution is 2.31. The number of rotatable bonds is 4. The molecular weight excluding hydrogens is 222 g/mol. The smallest absolute Gasteiger partial charge is 0.120 e. The van der Waals surface area contributed by atoms with E-state index in [4.69, 9.17) is 0 Å². The third-order valence-electron chi connectivity index (χ3n) is 4.17. The number of phenolic OH excluding ortho intramolecular Hbond substituents is 1. The van der Waals surface area contributed by atoms with Crippen molar-refractivity contribution in [2.24, 2.45) is 11.8 Å². The summed E-state index contributed by atoms with van der Waals surface area (Å²) in [5, 5.41) is 13.5. The summed E-state index contributed by atoms with van der Waals surface area (Å²) in [5.74, 6) is 2.12. The molecule has 1 saturated carbocycles. The highest BCUT2D eigenvalue weighted by atomic mass is 16.3. The summed E-state index contributed by atoms with van der Waals surface area (Å²) >= 11 is 0. The van der Waals surface area contributed by atoms with Crippen molar-refractivity contribution in [3.05, 3.63) is 29.3 Å². The number of aromatic hydroxyl groups is 1. The SMILES string of the molecule is Cc1ccc(C(C)NCC2CCC(C)C2)c(O)c1. The molecule has 1 aliphatic rings. The fourth-order valence-corrected chi connectivity index (χ4v) is 2.98. The second-order valence-corrected chi connectivity index (χ2v) is 5.98. The molecule has 0 bridgehead atoms. The van der Waals surface area contributed by atoms with Crippen LogP contribution in [0.1, 0.15) is 50.3 Å². The summed E-state index contributed by atoms with van der Waals surface area (Å²) in [6, 6.07) is 6.15. The van der Waals surface area contributed by atoms with Crippen LogP contribution in [0.2, 0.25) is 0 Å². The van der Waals surface area contributed by atoms with Gasteiger partial charge in [0.15, 0.2) is 0 Å². The summed E-state index contributed by atoms with van der Waals surface area (Å²) in [5.41, 5.74) is 2.11. The minimum atomic E-state index is 0.224. The number of benzene rings is 1. The summed E-state index contributed by atoms with van der Waals surface area (Å²) in [7, 11) is 0. The van der Waals surface area contributed by atoms with E-state index in [1.165, 1.54) is 19.3 Å². The largest absolute Gasteiger partial charge is 0.508 e. The molecule has 100 valence electrons. The first-order chi connectivity index (χ1) is 8.56. The first-order valence-electron chi connectivity index (χ1n) is 7.09. The molecule has 0 spiro atoms. The predicted octanol–water partition coefficient (Wildman–Crippen LogP) is 3.79. The second kappa shape index (κ2) is 5.75. The zero-order valence-corrected chi connectivity index (χ0v) is 11.7. The van der Waals surface area contributed by atoms with Gasteiger partial charge in [-0.2, -0.15) is 0 Å². The molecule has 0 saturated heterocycles. The zero-order valence-electron chi connectivity index (χ0n) is 11.7. The maximum Gasteiger partial charge on any atom is 0.120 e. The standard InChI is InChI=1S/C16H25NO/c1-11-4-6-14(8-11)10-17-13(3)15-7-5-12(2)9-16(15)18/h5,7,9,11,13-14,17-18H,4,6,8,10H2,1-3H3. The summed E-state index contributed by atoms with van der Waals surface area (Å²) in [6.07, 6.45) is 4.07. The van der Waals surface area contributed by atoms with E-state index in [1.807, 2.05) is 19.1 Å². The van der Waals surface area contributed by atoms with Gasteiger partial charge in [-0.1, -0.05) is 25.5 Å². The van der Waals surface area contributed by atoms with Crippen LogP contribution in [-0.2, 0) is 0 Å². The van der Waals surface area contributed by atoms with Gasteiger partial charge < -0.3 is 10.4 Å². The van der Waals surface area contributed by atoms with Gasteiger partial charge in [0.1, 0.15) is 5.75 Å². The molecule has 2 nitrogen and oxygen atoms in total. The Hall–Kier alpha value is -1.02. The maximum absolute atomic E-state index is 9.96. The van der Waals surface area contributed by atoms with Crippen LogP contribution in [0.25, 0.3) is 0 Å². The number of phenols is 1. The molecule has 2 heteroatoms. The van der Waals surface area contributed by atoms with E-state index >= 15 is 0 Å². The van der Waals surface area contributed by atoms with Crippen LogP contribution in [0.3, 0.4) is 0 Å². The molecule has 2 rings (SSSR count). The molecule has 1 aliphatic carbocycles. The molecule has 1 fully saturated rings. The molecule has 2 N–H and O–H groups in total. The molecule has 1 aromatic carbocycles. The van der Waals surface area contributed by atoms with E-state index in [0.717, 1.165) is 29.5 Å². The number of nitrogens with one attached hydrogen (secondary N) is 1. The third-order valence-corrected chi connectivity index (χ3v) is 4.17. The lowest BCUT2D eigenvalue weighted by molar-refractivity contribution is 0.421. The minimum Gasteiger partial charge on any atom is -0.508 e. The van der Waals surface area contributed by atoms with Gasteiger partial charge in [-0.05, 0) is 56.7 Å². The monoisotopic (exact) mass is 247 g/mol. The minimum absolute atomic E-state index is 0.224. The van der Waals surface area contributed by atoms with Crippen molar-refractivity contribution >= 4 is 0 Å². The fraction of sp³-hybridized carbons (Fsp3) is 0.625. The third kappa shape index (κ3) is 3.26. The van der Waals surface area contributed by atoms with Crippen molar-refractivity contribution in [1.29, 1.82) is 0 Å². The van der Waals surface area contributed by atoms with Crippen molar-refractivity contribution in [2.75, 3.05) is 6.54 Å². The van der Waals surface area contributed by atoms with Crippen molar-refractivity contribution in [3.63, 3.8) is 0 Å². The molecule has 3 atom stereocenters. The molecule has 0 amide bonds. The topological polar surface area (TPSA) is 32.3 Å². The molecular formula is C16H25NO. The Morgan fingerprint density at radius 1 is 1.39 bits per heavy atom. The lowest BCUT2D eigenvalue weighted by atomic mass is 10.0. The van der Waals surface area contributed by atoms with Crippen molar-refractivity contribution in [3.8, 4) is 5.75 Å². The van der Waals surface area contributed by atoms with Crippen LogP contribution < -0.4 is 5.32 Å². The molecule has 1 aromatic rings. The highest BCUT2D eigenvalue weighted by molar-refractivity contribution is 5.37. The molecule has 3 unspecified atom stereocenters. The van der Waals surface area contributed by atoms with E-state index < -0.39 is 0 Å². The van der Waals surface area contributed by atoms with E-state index in [9.17, 15) is 5.11 Å². The van der Waals surface area contributed by atoms with E-state index in [2.05, 4.69) is 25.2 Å². The van der Waals surface area contributed by atoms with Crippen molar-refractivity contribution in [1.82, 2.24) is 5.32 Å². The Kier molecular flexibility index (Phi) is 4.28. The Labute approximate surface area is 110 Å². The van der Waals surface area contributed by atoms with Crippen LogP contribution in [-0.4, -0.2) is 11.7 Å². The Bertz CT molecular complexity index is 402. The molecule has 0 radical (unpaired) electrons. The van der Waals surface area contributed by atoms with Gasteiger partial charge in [-0.15, -0.1) is 0 Å². The van der Waals surface area contributed by atoms with Gasteiger partial charge in [0.25, 0.3) is 0 Å². The average Bonchev–Trinajstić information content (AvgIpc) is 2.72. The summed E-state index contributed by atoms with van der Waals surface area (Å²) < 4.78 is 0. The zero-order chi connectivity index (χ0) is 13.1. The molecule has 0 aromatic heterocycles. The predicted molar refractivity (Wildman–Crippen MR) is 75.8 cm³/mol. The lowest BCUT2D eigenvalue weighted by Crippen LogP contribution is -2.24. The fourth-order valence-electron chi connectivity index (χ4n) is 2.98. The normalized spacial score (nSPS) is 25.3. The van der Waals surface area contributed by atoms with Crippen LogP contribution in [0.5, 0.6) is 5.75 Å². The first kappa shape index (κ1) is 13.4. The van der Waals surface area contributed by atoms with E-state index in [0.29, 0.717) is 5.75 Å². The van der Waals surface area contributed by atoms with Gasteiger partial charge >= 0.3 is 0 Å². The molecule has 0 aliphatic heterocycles. The summed E-state index contributed by atoms with van der Waals surface area (Å²) in [6.45, 7) is 7.54. The first-order valence-corrected chi connectivity index (χ1v) is 7.09. The molecule has 18 heavy (non-hydrogen) atoms. The van der Waals surface area contributed by atoms with Gasteiger partial charge in [-0.3, -0.25) is 0 Å². The van der Waals surface area contributed by atoms with Gasteiger partial charge in [0, 0.05) is 11.6 Å². The van der Waals surface area contributed by atoms with E-state index in [-0.39, 0.29) is 6.04 Å². The van der Waals surface area contributed by atoms with Gasteiger partial charge in [-0.25, -0.2) is 0 Å². The Morgan fingerprint density at radius 3 is 2.78 bits per heavy atom. The Morgan fingerprint density at radius 2 is 2.17 bits per heavy atom. The second-order valence-electron chi connectivity index (χ2n) is 5.98. The molecule has 0 heterocycles. The maximum atomic E-state index is 9.96. The number of hydrogen-bond acceptors (Lipinski definition) is 2. The lowest BCUT2D eigenvalue weighted by Gasteiger charge is -2.18. The quantitative estimate of drug-likeness (QED) is 0.848. The van der Waals surface area contributed by atoms with Crippen molar-refractivity contribution in [2.45, 2.75) is 46.1 Å². The number of aryl methyl sites for hydroxylation is 1. The number of hydrogen-bond donors (Lipinski definition) is 2.